The lowest BCUT2D eigenvalue weighted by Gasteiger charge is -2.14. The lowest BCUT2D eigenvalue weighted by molar-refractivity contribution is -0.0504. The third-order valence-corrected chi connectivity index (χ3v) is 2.63. The smallest absolute Gasteiger partial charge is 0.387 e. The normalized spacial score (nSPS) is 10.5. The summed E-state index contributed by atoms with van der Waals surface area (Å²) in [7, 11) is 0. The summed E-state index contributed by atoms with van der Waals surface area (Å²) in [6, 6.07) is 2.05. The van der Waals surface area contributed by atoms with Crippen molar-refractivity contribution in [3.63, 3.8) is 0 Å². The van der Waals surface area contributed by atoms with Crippen molar-refractivity contribution in [3.05, 3.63) is 27.7 Å². The molecule has 0 aliphatic carbocycles. The zero-order valence-electron chi connectivity index (χ0n) is 10.1. The second-order valence-corrected chi connectivity index (χ2v) is 4.43. The molecule has 0 aliphatic rings. The van der Waals surface area contributed by atoms with Crippen LogP contribution in [-0.4, -0.2) is 30.9 Å². The van der Waals surface area contributed by atoms with E-state index in [0.29, 0.717) is 0 Å². The Hall–Kier alpha value is -1.31. The highest BCUT2D eigenvalue weighted by Gasteiger charge is 2.15. The van der Waals surface area contributed by atoms with Crippen molar-refractivity contribution in [1.29, 1.82) is 0 Å². The molecule has 0 saturated heterocycles. The van der Waals surface area contributed by atoms with Crippen LogP contribution in [0.1, 0.15) is 5.56 Å². The van der Waals surface area contributed by atoms with Gasteiger partial charge in [0.15, 0.2) is 0 Å². The van der Waals surface area contributed by atoms with Crippen LogP contribution in [0.5, 0.6) is 5.75 Å². The van der Waals surface area contributed by atoms with Crippen LogP contribution in [0.3, 0.4) is 0 Å². The fraction of sp³-hybridized carbons (Fsp3) is 0.364. The molecule has 0 unspecified atom stereocenters. The van der Waals surface area contributed by atoms with Gasteiger partial charge in [0, 0.05) is 23.7 Å². The molecule has 1 aromatic carbocycles. The first kappa shape index (κ1) is 16.7. The van der Waals surface area contributed by atoms with Crippen molar-refractivity contribution in [3.8, 4) is 5.75 Å². The quantitative estimate of drug-likeness (QED) is 0.750. The minimum atomic E-state index is -3.05. The molecule has 1 rings (SSSR count). The van der Waals surface area contributed by atoms with Crippen molar-refractivity contribution >= 4 is 29.2 Å². The number of carbonyl (C=O) groups is 1. The van der Waals surface area contributed by atoms with Gasteiger partial charge in [-0.05, 0) is 12.1 Å². The molecule has 1 aromatic rings. The third-order valence-electron chi connectivity index (χ3n) is 2.13. The Labute approximate surface area is 123 Å². The van der Waals surface area contributed by atoms with Crippen molar-refractivity contribution in [2.45, 2.75) is 13.2 Å². The number of rotatable bonds is 6. The molecular weight excluding hydrogens is 317 g/mol. The van der Waals surface area contributed by atoms with Gasteiger partial charge in [-0.3, -0.25) is 0 Å². The zero-order valence-corrected chi connectivity index (χ0v) is 11.6. The maximum absolute atomic E-state index is 12.3. The fourth-order valence-corrected chi connectivity index (χ4v) is 1.95. The first-order chi connectivity index (χ1) is 9.43. The van der Waals surface area contributed by atoms with Gasteiger partial charge in [-0.15, -0.1) is 0 Å². The number of aliphatic hydroxyl groups excluding tert-OH is 1. The van der Waals surface area contributed by atoms with Crippen LogP contribution in [0.4, 0.5) is 13.6 Å². The molecule has 0 bridgehead atoms. The van der Waals surface area contributed by atoms with Crippen LogP contribution in [0.25, 0.3) is 0 Å². The molecule has 0 fully saturated rings. The molecular formula is C11H12Cl2F2N2O3. The van der Waals surface area contributed by atoms with Crippen LogP contribution >= 0.6 is 23.2 Å². The van der Waals surface area contributed by atoms with Crippen LogP contribution in [0, 0.1) is 0 Å². The van der Waals surface area contributed by atoms with Gasteiger partial charge in [-0.25, -0.2) is 4.79 Å². The van der Waals surface area contributed by atoms with Gasteiger partial charge in [-0.2, -0.15) is 8.78 Å². The number of benzene rings is 1. The van der Waals surface area contributed by atoms with Crippen molar-refractivity contribution in [2.24, 2.45) is 0 Å². The molecule has 0 aliphatic heterocycles. The molecule has 0 heterocycles. The van der Waals surface area contributed by atoms with E-state index >= 15 is 0 Å². The van der Waals surface area contributed by atoms with Crippen LogP contribution < -0.4 is 15.4 Å². The Bertz CT molecular complexity index is 475. The number of hydrogen-bond donors (Lipinski definition) is 3. The number of urea groups is 1. The van der Waals surface area contributed by atoms with E-state index in [1.54, 1.807) is 0 Å². The number of ether oxygens (including phenoxy) is 1. The summed E-state index contributed by atoms with van der Waals surface area (Å²) < 4.78 is 28.9. The van der Waals surface area contributed by atoms with E-state index in [-0.39, 0.29) is 41.1 Å². The lowest BCUT2D eigenvalue weighted by Crippen LogP contribution is -2.36. The minimum Gasteiger partial charge on any atom is -0.433 e. The average Bonchev–Trinajstić information content (AvgIpc) is 2.37. The van der Waals surface area contributed by atoms with Gasteiger partial charge in [0.2, 0.25) is 0 Å². The van der Waals surface area contributed by atoms with Crippen LogP contribution in [-0.2, 0) is 6.54 Å². The Morgan fingerprint density at radius 2 is 2.05 bits per heavy atom. The Kier molecular flexibility index (Phi) is 6.77. The highest BCUT2D eigenvalue weighted by molar-refractivity contribution is 6.35. The number of nitrogens with one attached hydrogen (secondary N) is 2. The monoisotopic (exact) mass is 328 g/mol. The molecule has 0 aromatic heterocycles. The molecule has 0 spiro atoms. The number of carbonyl (C=O) groups excluding carboxylic acids is 1. The highest BCUT2D eigenvalue weighted by atomic mass is 35.5. The number of alkyl halides is 2. The number of amides is 2. The van der Waals surface area contributed by atoms with Gasteiger partial charge < -0.3 is 20.5 Å². The first-order valence-corrected chi connectivity index (χ1v) is 6.25. The highest BCUT2D eigenvalue weighted by Crippen LogP contribution is 2.33. The van der Waals surface area contributed by atoms with E-state index in [9.17, 15) is 13.6 Å². The number of hydrogen-bond acceptors (Lipinski definition) is 3. The largest absolute Gasteiger partial charge is 0.433 e. The summed E-state index contributed by atoms with van der Waals surface area (Å²) in [4.78, 5) is 11.3. The van der Waals surface area contributed by atoms with E-state index in [4.69, 9.17) is 28.3 Å². The molecule has 0 atom stereocenters. The van der Waals surface area contributed by atoms with E-state index in [2.05, 4.69) is 15.4 Å². The summed E-state index contributed by atoms with van der Waals surface area (Å²) in [6.07, 6.45) is 0. The summed E-state index contributed by atoms with van der Waals surface area (Å²) in [6.45, 7) is -3.30. The fourth-order valence-electron chi connectivity index (χ4n) is 1.37. The summed E-state index contributed by atoms with van der Waals surface area (Å²) in [5.74, 6) is -0.242. The van der Waals surface area contributed by atoms with Crippen molar-refractivity contribution in [2.75, 3.05) is 13.2 Å². The topological polar surface area (TPSA) is 70.6 Å². The maximum Gasteiger partial charge on any atom is 0.387 e. The van der Waals surface area contributed by atoms with Crippen molar-refractivity contribution < 1.29 is 23.4 Å². The number of aliphatic hydroxyl groups is 1. The third kappa shape index (κ3) is 5.36. The minimum absolute atomic E-state index is 0.0720. The van der Waals surface area contributed by atoms with Crippen LogP contribution in [0.15, 0.2) is 12.1 Å². The molecule has 112 valence electrons. The maximum atomic E-state index is 12.3. The Morgan fingerprint density at radius 1 is 1.35 bits per heavy atom. The predicted octanol–water partition coefficient (Wildman–Crippen LogP) is 2.39. The Morgan fingerprint density at radius 3 is 2.65 bits per heavy atom. The van der Waals surface area contributed by atoms with E-state index < -0.39 is 12.6 Å². The van der Waals surface area contributed by atoms with E-state index in [1.165, 1.54) is 12.1 Å². The summed E-state index contributed by atoms with van der Waals surface area (Å²) >= 11 is 11.5. The molecule has 3 N–H and O–H groups in total. The first-order valence-electron chi connectivity index (χ1n) is 5.49. The summed E-state index contributed by atoms with van der Waals surface area (Å²) in [5.41, 5.74) is 0.210. The molecule has 20 heavy (non-hydrogen) atoms. The SMILES string of the molecule is O=C(NCCO)NCc1cc(Cl)cc(Cl)c1OC(F)F. The van der Waals surface area contributed by atoms with E-state index in [1.807, 2.05) is 0 Å². The van der Waals surface area contributed by atoms with Gasteiger partial charge in [-0.1, -0.05) is 23.2 Å². The van der Waals surface area contributed by atoms with Gasteiger partial charge >= 0.3 is 12.6 Å². The van der Waals surface area contributed by atoms with Crippen molar-refractivity contribution in [1.82, 2.24) is 10.6 Å². The number of halogens is 4. The Balaban J connectivity index is 2.79. The lowest BCUT2D eigenvalue weighted by atomic mass is 10.2. The van der Waals surface area contributed by atoms with Gasteiger partial charge in [0.25, 0.3) is 0 Å². The molecule has 0 radical (unpaired) electrons. The molecule has 2 amide bonds. The molecule has 0 saturated carbocycles. The van der Waals surface area contributed by atoms with Crippen LogP contribution in [0.2, 0.25) is 10.0 Å². The molecule has 5 nitrogen and oxygen atoms in total. The van der Waals surface area contributed by atoms with E-state index in [0.717, 1.165) is 0 Å². The standard InChI is InChI=1S/C11H12Cl2F2N2O3/c12-7-3-6(5-17-11(19)16-1-2-18)9(8(13)4-7)20-10(14)15/h3-4,10,18H,1-2,5H2,(H2,16,17,19). The van der Waals surface area contributed by atoms with Gasteiger partial charge in [0.05, 0.1) is 11.6 Å². The second-order valence-electron chi connectivity index (χ2n) is 3.59. The van der Waals surface area contributed by atoms with Gasteiger partial charge in [0.1, 0.15) is 5.75 Å². The molecule has 9 heteroatoms. The second kappa shape index (κ2) is 8.08. The predicted molar refractivity (Wildman–Crippen MR) is 70.4 cm³/mol. The summed E-state index contributed by atoms with van der Waals surface area (Å²) in [5, 5.41) is 13.4. The average molecular weight is 329 g/mol. The zero-order chi connectivity index (χ0) is 15.1.